The predicted molar refractivity (Wildman–Crippen MR) is 96.5 cm³/mol. The molecule has 1 atom stereocenters. The van der Waals surface area contributed by atoms with E-state index < -0.39 is 15.7 Å². The summed E-state index contributed by atoms with van der Waals surface area (Å²) < 4.78 is 48.3. The normalized spacial score (nSPS) is 18.6. The van der Waals surface area contributed by atoms with Crippen molar-refractivity contribution < 1.29 is 22.3 Å². The standard InChI is InChI=1S/C19H22FNO4S/c1-26(22,23)17-7-8-18(20)19(11-17)25-14-16-13-21(9-10-24-16)12-15-5-3-2-4-6-15/h2-8,11,16H,9-10,12-14H2,1H3. The van der Waals surface area contributed by atoms with Crippen LogP contribution in [-0.4, -0.2) is 52.0 Å². The van der Waals surface area contributed by atoms with Crippen LogP contribution in [0, 0.1) is 5.82 Å². The van der Waals surface area contributed by atoms with E-state index in [0.29, 0.717) is 13.2 Å². The van der Waals surface area contributed by atoms with Crippen LogP contribution < -0.4 is 4.74 Å². The van der Waals surface area contributed by atoms with E-state index in [0.717, 1.165) is 25.4 Å². The van der Waals surface area contributed by atoms with Gasteiger partial charge in [-0.3, -0.25) is 4.90 Å². The Kier molecular flexibility index (Phi) is 5.90. The van der Waals surface area contributed by atoms with Crippen molar-refractivity contribution in [2.24, 2.45) is 0 Å². The summed E-state index contributed by atoms with van der Waals surface area (Å²) in [6.45, 7) is 3.05. The van der Waals surface area contributed by atoms with Crippen LogP contribution in [0.3, 0.4) is 0 Å². The molecule has 0 bridgehead atoms. The maximum Gasteiger partial charge on any atom is 0.175 e. The van der Waals surface area contributed by atoms with E-state index in [1.54, 1.807) is 0 Å². The van der Waals surface area contributed by atoms with Crippen molar-refractivity contribution >= 4 is 9.84 Å². The Labute approximate surface area is 153 Å². The van der Waals surface area contributed by atoms with E-state index in [1.807, 2.05) is 18.2 Å². The van der Waals surface area contributed by atoms with E-state index in [9.17, 15) is 12.8 Å². The molecule has 0 radical (unpaired) electrons. The van der Waals surface area contributed by atoms with Gasteiger partial charge in [0.2, 0.25) is 0 Å². The molecule has 0 amide bonds. The predicted octanol–water partition coefficient (Wildman–Crippen LogP) is 2.51. The third-order valence-corrected chi connectivity index (χ3v) is 5.34. The fraction of sp³-hybridized carbons (Fsp3) is 0.368. The molecule has 1 aliphatic rings. The van der Waals surface area contributed by atoms with Crippen molar-refractivity contribution in [1.82, 2.24) is 4.90 Å². The van der Waals surface area contributed by atoms with Gasteiger partial charge in [0.05, 0.1) is 11.5 Å². The molecule has 0 N–H and O–H groups in total. The second-order valence-corrected chi connectivity index (χ2v) is 8.40. The minimum Gasteiger partial charge on any atom is -0.488 e. The number of ether oxygens (including phenoxy) is 2. The summed E-state index contributed by atoms with van der Waals surface area (Å²) in [6.07, 6.45) is 0.879. The SMILES string of the molecule is CS(=O)(=O)c1ccc(F)c(OCC2CN(Cc3ccccc3)CCO2)c1. The van der Waals surface area contributed by atoms with Crippen LogP contribution in [0.15, 0.2) is 53.4 Å². The highest BCUT2D eigenvalue weighted by Crippen LogP contribution is 2.22. The van der Waals surface area contributed by atoms with E-state index in [-0.39, 0.29) is 23.4 Å². The fourth-order valence-electron chi connectivity index (χ4n) is 2.87. The molecule has 7 heteroatoms. The van der Waals surface area contributed by atoms with Crippen LogP contribution in [0.1, 0.15) is 5.56 Å². The molecule has 3 rings (SSSR count). The number of rotatable bonds is 6. The molecule has 1 heterocycles. The summed E-state index contributed by atoms with van der Waals surface area (Å²) in [5, 5.41) is 0. The van der Waals surface area contributed by atoms with Gasteiger partial charge in [-0.2, -0.15) is 0 Å². The zero-order valence-electron chi connectivity index (χ0n) is 14.6. The molecular weight excluding hydrogens is 357 g/mol. The van der Waals surface area contributed by atoms with E-state index in [4.69, 9.17) is 9.47 Å². The molecule has 140 valence electrons. The maximum absolute atomic E-state index is 13.9. The third-order valence-electron chi connectivity index (χ3n) is 4.23. The molecule has 26 heavy (non-hydrogen) atoms. The van der Waals surface area contributed by atoms with Crippen LogP contribution in [-0.2, 0) is 21.1 Å². The first-order valence-corrected chi connectivity index (χ1v) is 10.3. The first-order valence-electron chi connectivity index (χ1n) is 8.42. The second kappa shape index (κ2) is 8.16. The lowest BCUT2D eigenvalue weighted by atomic mass is 10.2. The van der Waals surface area contributed by atoms with Gasteiger partial charge in [-0.1, -0.05) is 30.3 Å². The molecule has 1 aliphatic heterocycles. The molecule has 1 saturated heterocycles. The highest BCUT2D eigenvalue weighted by molar-refractivity contribution is 7.90. The van der Waals surface area contributed by atoms with E-state index in [1.165, 1.54) is 17.7 Å². The van der Waals surface area contributed by atoms with Gasteiger partial charge in [0.1, 0.15) is 12.7 Å². The van der Waals surface area contributed by atoms with Gasteiger partial charge in [-0.05, 0) is 17.7 Å². The van der Waals surface area contributed by atoms with Gasteiger partial charge in [-0.15, -0.1) is 0 Å². The summed E-state index contributed by atoms with van der Waals surface area (Å²) in [6, 6.07) is 13.7. The number of hydrogen-bond donors (Lipinski definition) is 0. The van der Waals surface area contributed by atoms with Crippen LogP contribution in [0.2, 0.25) is 0 Å². The monoisotopic (exact) mass is 379 g/mol. The van der Waals surface area contributed by atoms with E-state index >= 15 is 0 Å². The molecule has 1 unspecified atom stereocenters. The number of morpholine rings is 1. The number of halogens is 1. The van der Waals surface area contributed by atoms with Crippen molar-refractivity contribution in [2.45, 2.75) is 17.5 Å². The van der Waals surface area contributed by atoms with Crippen molar-refractivity contribution in [2.75, 3.05) is 32.6 Å². The van der Waals surface area contributed by atoms with Crippen molar-refractivity contribution in [3.63, 3.8) is 0 Å². The van der Waals surface area contributed by atoms with Gasteiger partial charge >= 0.3 is 0 Å². The lowest BCUT2D eigenvalue weighted by molar-refractivity contribution is -0.0508. The van der Waals surface area contributed by atoms with E-state index in [2.05, 4.69) is 17.0 Å². The highest BCUT2D eigenvalue weighted by atomic mass is 32.2. The summed E-state index contributed by atoms with van der Waals surface area (Å²) >= 11 is 0. The fourth-order valence-corrected chi connectivity index (χ4v) is 3.51. The number of benzene rings is 2. The lowest BCUT2D eigenvalue weighted by Gasteiger charge is -2.32. The van der Waals surface area contributed by atoms with Crippen LogP contribution in [0.5, 0.6) is 5.75 Å². The smallest absolute Gasteiger partial charge is 0.175 e. The van der Waals surface area contributed by atoms with Gasteiger partial charge in [0.15, 0.2) is 21.4 Å². The van der Waals surface area contributed by atoms with Crippen molar-refractivity contribution in [3.05, 3.63) is 59.9 Å². The lowest BCUT2D eigenvalue weighted by Crippen LogP contribution is -2.44. The average molecular weight is 379 g/mol. The Morgan fingerprint density at radius 3 is 2.73 bits per heavy atom. The summed E-state index contributed by atoms with van der Waals surface area (Å²) in [4.78, 5) is 2.29. The molecule has 2 aromatic carbocycles. The van der Waals surface area contributed by atoms with Crippen molar-refractivity contribution in [1.29, 1.82) is 0 Å². The minimum absolute atomic E-state index is 0.0316. The number of sulfone groups is 1. The van der Waals surface area contributed by atoms with Crippen LogP contribution >= 0.6 is 0 Å². The highest BCUT2D eigenvalue weighted by Gasteiger charge is 2.22. The Bertz CT molecular complexity index is 842. The van der Waals surface area contributed by atoms with Gasteiger partial charge in [-0.25, -0.2) is 12.8 Å². The largest absolute Gasteiger partial charge is 0.488 e. The molecule has 1 fully saturated rings. The number of hydrogen-bond acceptors (Lipinski definition) is 5. The zero-order valence-corrected chi connectivity index (χ0v) is 15.4. The topological polar surface area (TPSA) is 55.8 Å². The summed E-state index contributed by atoms with van der Waals surface area (Å²) in [5.41, 5.74) is 1.22. The summed E-state index contributed by atoms with van der Waals surface area (Å²) in [5.74, 6) is -0.661. The quantitative estimate of drug-likeness (QED) is 0.722. The van der Waals surface area contributed by atoms with Crippen LogP contribution in [0.4, 0.5) is 4.39 Å². The Morgan fingerprint density at radius 1 is 1.23 bits per heavy atom. The Morgan fingerprint density at radius 2 is 2.00 bits per heavy atom. The zero-order chi connectivity index (χ0) is 18.6. The first kappa shape index (κ1) is 18.8. The molecular formula is C19H22FNO4S. The van der Waals surface area contributed by atoms with Gasteiger partial charge in [0, 0.05) is 32.0 Å². The number of nitrogens with zero attached hydrogens (tertiary/aromatic N) is 1. The van der Waals surface area contributed by atoms with Gasteiger partial charge in [0.25, 0.3) is 0 Å². The molecule has 0 spiro atoms. The Balaban J connectivity index is 1.59. The summed E-state index contributed by atoms with van der Waals surface area (Å²) in [7, 11) is -3.41. The molecule has 2 aromatic rings. The van der Waals surface area contributed by atoms with Crippen molar-refractivity contribution in [3.8, 4) is 5.75 Å². The molecule has 5 nitrogen and oxygen atoms in total. The maximum atomic E-state index is 13.9. The second-order valence-electron chi connectivity index (χ2n) is 6.39. The molecule has 0 aliphatic carbocycles. The molecule has 0 saturated carbocycles. The first-order chi connectivity index (χ1) is 12.4. The molecule has 0 aromatic heterocycles. The van der Waals surface area contributed by atoms with Gasteiger partial charge < -0.3 is 9.47 Å². The minimum atomic E-state index is -3.41. The Hall–Kier alpha value is -1.96. The average Bonchev–Trinajstić information content (AvgIpc) is 2.61. The third kappa shape index (κ3) is 5.03. The van der Waals surface area contributed by atoms with Crippen LogP contribution in [0.25, 0.3) is 0 Å².